The largest absolute Gasteiger partial charge is 0.462 e. The Morgan fingerprint density at radius 3 is 2.88 bits per heavy atom. The van der Waals surface area contributed by atoms with Gasteiger partial charge >= 0.3 is 5.97 Å². The molecule has 25 heavy (non-hydrogen) atoms. The first-order chi connectivity index (χ1) is 12.2. The van der Waals surface area contributed by atoms with Gasteiger partial charge in [-0.3, -0.25) is 9.20 Å². The number of fused-ring (bicyclic) bond motifs is 3. The lowest BCUT2D eigenvalue weighted by Gasteiger charge is -2.21. The Morgan fingerprint density at radius 1 is 1.24 bits per heavy atom. The number of carbonyl (C=O) groups is 1. The molecule has 6 heteroatoms. The molecule has 1 saturated carbocycles. The van der Waals surface area contributed by atoms with Crippen molar-refractivity contribution < 1.29 is 9.53 Å². The minimum absolute atomic E-state index is 0.0973. The first-order valence-electron chi connectivity index (χ1n) is 8.78. The highest BCUT2D eigenvalue weighted by molar-refractivity contribution is 7.99. The van der Waals surface area contributed by atoms with Crippen molar-refractivity contribution in [3.05, 3.63) is 35.9 Å². The molecule has 0 radical (unpaired) electrons. The molecule has 2 aromatic heterocycles. The zero-order chi connectivity index (χ0) is 17.2. The molecule has 0 spiro atoms. The van der Waals surface area contributed by atoms with Gasteiger partial charge in [0.15, 0.2) is 10.8 Å². The number of thioether (sulfide) groups is 1. The van der Waals surface area contributed by atoms with Gasteiger partial charge in [0.2, 0.25) is 0 Å². The van der Waals surface area contributed by atoms with Crippen LogP contribution in [0.1, 0.15) is 37.7 Å². The van der Waals surface area contributed by atoms with Crippen LogP contribution in [0.5, 0.6) is 0 Å². The van der Waals surface area contributed by atoms with Crippen LogP contribution in [0.2, 0.25) is 0 Å². The lowest BCUT2D eigenvalue weighted by Crippen LogP contribution is -2.22. The van der Waals surface area contributed by atoms with E-state index in [2.05, 4.69) is 28.4 Å². The highest BCUT2D eigenvalue weighted by atomic mass is 32.2. The summed E-state index contributed by atoms with van der Waals surface area (Å²) in [5, 5.41) is 10.5. The van der Waals surface area contributed by atoms with Crippen molar-refractivity contribution >= 4 is 34.3 Å². The predicted octanol–water partition coefficient (Wildman–Crippen LogP) is 4.16. The highest BCUT2D eigenvalue weighted by Gasteiger charge is 2.19. The van der Waals surface area contributed by atoms with E-state index in [1.54, 1.807) is 0 Å². The van der Waals surface area contributed by atoms with Gasteiger partial charge in [-0.1, -0.05) is 36.4 Å². The standard InChI is InChI=1S/C19H21N3O2S/c1-13-11-14-7-5-6-10-16(14)22-18(13)20-21-19(22)25-12-17(23)24-15-8-3-2-4-9-15/h5-7,10-11,15H,2-4,8-9,12H2,1H3. The third kappa shape index (κ3) is 3.35. The predicted molar refractivity (Wildman–Crippen MR) is 98.9 cm³/mol. The molecule has 0 aliphatic heterocycles. The number of benzene rings is 1. The maximum absolute atomic E-state index is 12.2. The summed E-state index contributed by atoms with van der Waals surface area (Å²) < 4.78 is 7.63. The zero-order valence-electron chi connectivity index (χ0n) is 14.3. The molecule has 1 aliphatic carbocycles. The maximum Gasteiger partial charge on any atom is 0.316 e. The molecule has 0 saturated heterocycles. The Hall–Kier alpha value is -2.08. The molecule has 130 valence electrons. The van der Waals surface area contributed by atoms with E-state index in [0.717, 1.165) is 53.0 Å². The van der Waals surface area contributed by atoms with E-state index in [4.69, 9.17) is 4.74 Å². The lowest BCUT2D eigenvalue weighted by molar-refractivity contribution is -0.147. The number of pyridine rings is 1. The summed E-state index contributed by atoms with van der Waals surface area (Å²) in [6.07, 6.45) is 5.65. The monoisotopic (exact) mass is 355 g/mol. The second kappa shape index (κ2) is 7.04. The molecule has 0 amide bonds. The number of nitrogens with zero attached hydrogens (tertiary/aromatic N) is 3. The van der Waals surface area contributed by atoms with Gasteiger partial charge in [0, 0.05) is 0 Å². The Morgan fingerprint density at radius 2 is 2.04 bits per heavy atom. The Bertz CT molecular complexity index is 916. The number of aromatic nitrogens is 3. The smallest absolute Gasteiger partial charge is 0.316 e. The summed E-state index contributed by atoms with van der Waals surface area (Å²) in [6, 6.07) is 10.3. The van der Waals surface area contributed by atoms with E-state index in [0.29, 0.717) is 0 Å². The Balaban J connectivity index is 1.54. The fraction of sp³-hybridized carbons (Fsp3) is 0.421. The fourth-order valence-corrected chi connectivity index (χ4v) is 4.20. The maximum atomic E-state index is 12.2. The third-order valence-corrected chi connectivity index (χ3v) is 5.61. The van der Waals surface area contributed by atoms with Crippen LogP contribution >= 0.6 is 11.8 Å². The minimum atomic E-state index is -0.161. The number of ether oxygens (including phenoxy) is 1. The van der Waals surface area contributed by atoms with Gasteiger partial charge < -0.3 is 4.74 Å². The fourth-order valence-electron chi connectivity index (χ4n) is 3.47. The van der Waals surface area contributed by atoms with Crippen molar-refractivity contribution in [3.8, 4) is 0 Å². The Kier molecular flexibility index (Phi) is 4.61. The zero-order valence-corrected chi connectivity index (χ0v) is 15.1. The summed E-state index contributed by atoms with van der Waals surface area (Å²) in [7, 11) is 0. The van der Waals surface area contributed by atoms with Crippen LogP contribution in [0.15, 0.2) is 35.5 Å². The van der Waals surface area contributed by atoms with Gasteiger partial charge in [0.05, 0.1) is 11.3 Å². The van der Waals surface area contributed by atoms with E-state index in [1.165, 1.54) is 18.2 Å². The minimum Gasteiger partial charge on any atom is -0.462 e. The quantitative estimate of drug-likeness (QED) is 0.519. The van der Waals surface area contributed by atoms with Gasteiger partial charge in [-0.2, -0.15) is 0 Å². The van der Waals surface area contributed by atoms with Crippen LogP contribution in [-0.2, 0) is 9.53 Å². The number of para-hydroxylation sites is 1. The van der Waals surface area contributed by atoms with Gasteiger partial charge in [0.25, 0.3) is 0 Å². The molecular formula is C19H21N3O2S. The normalized spacial score (nSPS) is 15.7. The second-order valence-electron chi connectivity index (χ2n) is 6.57. The van der Waals surface area contributed by atoms with E-state index in [9.17, 15) is 4.79 Å². The van der Waals surface area contributed by atoms with Crippen LogP contribution in [0, 0.1) is 6.92 Å². The van der Waals surface area contributed by atoms with Crippen LogP contribution in [0.3, 0.4) is 0 Å². The van der Waals surface area contributed by atoms with E-state index < -0.39 is 0 Å². The molecule has 4 rings (SSSR count). The molecular weight excluding hydrogens is 334 g/mol. The summed E-state index contributed by atoms with van der Waals surface area (Å²) in [5.41, 5.74) is 2.96. The summed E-state index contributed by atoms with van der Waals surface area (Å²) in [6.45, 7) is 2.03. The van der Waals surface area contributed by atoms with Crippen molar-refractivity contribution in [1.82, 2.24) is 14.6 Å². The molecule has 1 aliphatic rings. The Labute approximate surface area is 150 Å². The summed E-state index contributed by atoms with van der Waals surface area (Å²) in [5.74, 6) is 0.102. The highest BCUT2D eigenvalue weighted by Crippen LogP contribution is 2.26. The summed E-state index contributed by atoms with van der Waals surface area (Å²) in [4.78, 5) is 12.2. The number of hydrogen-bond donors (Lipinski definition) is 0. The van der Waals surface area contributed by atoms with Crippen LogP contribution in [0.4, 0.5) is 0 Å². The number of rotatable bonds is 4. The van der Waals surface area contributed by atoms with Crippen molar-refractivity contribution in [2.24, 2.45) is 0 Å². The van der Waals surface area contributed by atoms with Crippen LogP contribution in [0.25, 0.3) is 16.6 Å². The van der Waals surface area contributed by atoms with E-state index in [-0.39, 0.29) is 17.8 Å². The van der Waals surface area contributed by atoms with Gasteiger partial charge in [-0.05, 0) is 55.7 Å². The lowest BCUT2D eigenvalue weighted by atomic mass is 9.98. The molecule has 5 nitrogen and oxygen atoms in total. The van der Waals surface area contributed by atoms with E-state index >= 15 is 0 Å². The average Bonchev–Trinajstić information content (AvgIpc) is 3.06. The topological polar surface area (TPSA) is 56.5 Å². The molecule has 1 aromatic carbocycles. The molecule has 0 atom stereocenters. The third-order valence-electron chi connectivity index (χ3n) is 4.71. The molecule has 2 heterocycles. The molecule has 1 fully saturated rings. The second-order valence-corrected chi connectivity index (χ2v) is 7.51. The SMILES string of the molecule is Cc1cc2ccccc2n2c(SCC(=O)OC3CCCCC3)nnc12. The molecule has 3 aromatic rings. The number of hydrogen-bond acceptors (Lipinski definition) is 5. The first kappa shape index (κ1) is 16.4. The molecule has 0 unspecified atom stereocenters. The molecule has 0 bridgehead atoms. The average molecular weight is 355 g/mol. The van der Waals surface area contributed by atoms with Crippen molar-refractivity contribution in [1.29, 1.82) is 0 Å². The molecule has 0 N–H and O–H groups in total. The number of carbonyl (C=O) groups excluding carboxylic acids is 1. The van der Waals surface area contributed by atoms with Crippen molar-refractivity contribution in [3.63, 3.8) is 0 Å². The van der Waals surface area contributed by atoms with E-state index in [1.807, 2.05) is 23.5 Å². The van der Waals surface area contributed by atoms with Crippen LogP contribution in [-0.4, -0.2) is 32.4 Å². The summed E-state index contributed by atoms with van der Waals surface area (Å²) >= 11 is 1.39. The van der Waals surface area contributed by atoms with Crippen molar-refractivity contribution in [2.75, 3.05) is 5.75 Å². The number of aryl methyl sites for hydroxylation is 1. The van der Waals surface area contributed by atoms with Crippen LogP contribution < -0.4 is 0 Å². The van der Waals surface area contributed by atoms with Gasteiger partial charge in [-0.15, -0.1) is 10.2 Å². The van der Waals surface area contributed by atoms with Crippen molar-refractivity contribution in [2.45, 2.75) is 50.3 Å². The van der Waals surface area contributed by atoms with Gasteiger partial charge in [-0.25, -0.2) is 0 Å². The number of esters is 1. The first-order valence-corrected chi connectivity index (χ1v) is 9.77. The van der Waals surface area contributed by atoms with Gasteiger partial charge in [0.1, 0.15) is 6.10 Å².